The fourth-order valence-electron chi connectivity index (χ4n) is 0.961. The molecule has 2 N–H and O–H groups in total. The van der Waals surface area contributed by atoms with Gasteiger partial charge in [0.15, 0.2) is 17.7 Å². The Morgan fingerprint density at radius 3 is 2.41 bits per heavy atom. The van der Waals surface area contributed by atoms with Crippen molar-refractivity contribution in [2.75, 3.05) is 0 Å². The molecule has 0 unspecified atom stereocenters. The van der Waals surface area contributed by atoms with Crippen molar-refractivity contribution in [1.29, 1.82) is 0 Å². The fraction of sp³-hybridized carbons (Fsp3) is 0.200. The fourth-order valence-corrected chi connectivity index (χ4v) is 1.19. The van der Waals surface area contributed by atoms with Crippen LogP contribution >= 0.6 is 11.6 Å². The Labute approximate surface area is 100 Å². The second-order valence-corrected chi connectivity index (χ2v) is 3.60. The Morgan fingerprint density at radius 1 is 1.35 bits per heavy atom. The van der Waals surface area contributed by atoms with Gasteiger partial charge in [-0.15, -0.1) is 0 Å². The molecule has 92 valence electrons. The largest absolute Gasteiger partial charge is 0.449 e. The average molecular weight is 264 g/mol. The van der Waals surface area contributed by atoms with Crippen LogP contribution in [0, 0.1) is 11.6 Å². The number of carbonyl (C=O) groups is 2. The zero-order valence-electron chi connectivity index (χ0n) is 8.67. The summed E-state index contributed by atoms with van der Waals surface area (Å²) in [5, 5.41) is -0.314. The molecule has 0 aliphatic rings. The van der Waals surface area contributed by atoms with Gasteiger partial charge in [0.05, 0.1) is 10.6 Å². The van der Waals surface area contributed by atoms with Crippen LogP contribution in [0.3, 0.4) is 0 Å². The number of primary amides is 1. The lowest BCUT2D eigenvalue weighted by atomic mass is 10.2. The van der Waals surface area contributed by atoms with Gasteiger partial charge in [-0.3, -0.25) is 4.79 Å². The van der Waals surface area contributed by atoms with Gasteiger partial charge < -0.3 is 10.5 Å². The predicted molar refractivity (Wildman–Crippen MR) is 55.4 cm³/mol. The summed E-state index contributed by atoms with van der Waals surface area (Å²) in [6.07, 6.45) is -1.19. The van der Waals surface area contributed by atoms with Crippen LogP contribution in [0.4, 0.5) is 8.78 Å². The summed E-state index contributed by atoms with van der Waals surface area (Å²) < 4.78 is 30.2. The molecule has 0 aliphatic carbocycles. The van der Waals surface area contributed by atoms with E-state index in [9.17, 15) is 18.4 Å². The number of ether oxygens (including phenoxy) is 1. The number of hydrogen-bond acceptors (Lipinski definition) is 3. The maximum atomic E-state index is 12.9. The molecule has 1 aromatic carbocycles. The number of amides is 1. The van der Waals surface area contributed by atoms with Gasteiger partial charge in [0.25, 0.3) is 5.91 Å². The molecule has 1 amide bonds. The molecule has 0 heterocycles. The smallest absolute Gasteiger partial charge is 0.340 e. The van der Waals surface area contributed by atoms with Crippen LogP contribution < -0.4 is 5.73 Å². The number of rotatable bonds is 3. The lowest BCUT2D eigenvalue weighted by Crippen LogP contribution is -2.30. The highest BCUT2D eigenvalue weighted by Gasteiger charge is 2.20. The van der Waals surface area contributed by atoms with E-state index >= 15 is 0 Å². The summed E-state index contributed by atoms with van der Waals surface area (Å²) in [7, 11) is 0. The van der Waals surface area contributed by atoms with Gasteiger partial charge >= 0.3 is 5.97 Å². The van der Waals surface area contributed by atoms with E-state index in [2.05, 4.69) is 4.74 Å². The van der Waals surface area contributed by atoms with Crippen molar-refractivity contribution in [2.24, 2.45) is 5.73 Å². The first-order chi connectivity index (χ1) is 7.82. The number of halogens is 3. The van der Waals surface area contributed by atoms with Crippen molar-refractivity contribution in [3.05, 3.63) is 34.4 Å². The molecular formula is C10H8ClF2NO3. The zero-order valence-corrected chi connectivity index (χ0v) is 9.42. The third-order valence-electron chi connectivity index (χ3n) is 1.91. The molecule has 4 nitrogen and oxygen atoms in total. The minimum atomic E-state index is -1.24. The second kappa shape index (κ2) is 5.09. The molecule has 0 saturated heterocycles. The first-order valence-corrected chi connectivity index (χ1v) is 4.85. The number of benzene rings is 1. The standard InChI is InChI=1S/C10H8ClF2NO3/c1-4(9(14)15)17-10(16)5-2-7(12)8(13)3-6(5)11/h2-4H,1H3,(H2,14,15)/t4-/m0/s1. The molecule has 0 aromatic heterocycles. The summed E-state index contributed by atoms with van der Waals surface area (Å²) >= 11 is 5.54. The van der Waals surface area contributed by atoms with E-state index in [0.717, 1.165) is 0 Å². The molecule has 1 aromatic rings. The molecule has 0 aliphatic heterocycles. The van der Waals surface area contributed by atoms with E-state index in [4.69, 9.17) is 17.3 Å². The molecule has 0 fully saturated rings. The lowest BCUT2D eigenvalue weighted by Gasteiger charge is -2.10. The second-order valence-electron chi connectivity index (χ2n) is 3.20. The maximum absolute atomic E-state index is 12.9. The Kier molecular flexibility index (Phi) is 4.01. The molecule has 0 saturated carbocycles. The number of hydrogen-bond donors (Lipinski definition) is 1. The molecule has 0 bridgehead atoms. The van der Waals surface area contributed by atoms with Crippen molar-refractivity contribution >= 4 is 23.5 Å². The van der Waals surface area contributed by atoms with Crippen LogP contribution in [-0.4, -0.2) is 18.0 Å². The van der Waals surface area contributed by atoms with E-state index in [1.807, 2.05) is 0 Å². The van der Waals surface area contributed by atoms with Gasteiger partial charge in [-0.1, -0.05) is 11.6 Å². The quantitative estimate of drug-likeness (QED) is 0.666. The Morgan fingerprint density at radius 2 is 1.88 bits per heavy atom. The molecule has 7 heteroatoms. The van der Waals surface area contributed by atoms with E-state index < -0.39 is 29.6 Å². The molecule has 0 radical (unpaired) electrons. The number of carbonyl (C=O) groups excluding carboxylic acids is 2. The molecule has 1 rings (SSSR count). The van der Waals surface area contributed by atoms with Crippen molar-refractivity contribution in [3.63, 3.8) is 0 Å². The Bertz CT molecular complexity index is 479. The van der Waals surface area contributed by atoms with Crippen molar-refractivity contribution in [2.45, 2.75) is 13.0 Å². The monoisotopic (exact) mass is 263 g/mol. The summed E-state index contributed by atoms with van der Waals surface area (Å²) in [6, 6.07) is 1.23. The van der Waals surface area contributed by atoms with E-state index in [1.165, 1.54) is 6.92 Å². The Balaban J connectivity index is 2.97. The van der Waals surface area contributed by atoms with Gasteiger partial charge in [-0.25, -0.2) is 13.6 Å². The highest BCUT2D eigenvalue weighted by atomic mass is 35.5. The van der Waals surface area contributed by atoms with Gasteiger partial charge in [0, 0.05) is 0 Å². The summed E-state index contributed by atoms with van der Waals surface area (Å²) in [5.41, 5.74) is 4.49. The molecule has 1 atom stereocenters. The first kappa shape index (κ1) is 13.4. The molecular weight excluding hydrogens is 256 g/mol. The Hall–Kier alpha value is -1.69. The average Bonchev–Trinajstić information content (AvgIpc) is 2.22. The third kappa shape index (κ3) is 3.13. The van der Waals surface area contributed by atoms with Gasteiger partial charge in [-0.2, -0.15) is 0 Å². The number of esters is 1. The van der Waals surface area contributed by atoms with Crippen molar-refractivity contribution in [3.8, 4) is 0 Å². The van der Waals surface area contributed by atoms with Crippen LogP contribution in [0.25, 0.3) is 0 Å². The lowest BCUT2D eigenvalue weighted by molar-refractivity contribution is -0.125. The zero-order chi connectivity index (χ0) is 13.2. The van der Waals surface area contributed by atoms with E-state index in [1.54, 1.807) is 0 Å². The van der Waals surface area contributed by atoms with Crippen LogP contribution in [-0.2, 0) is 9.53 Å². The molecule has 0 spiro atoms. The van der Waals surface area contributed by atoms with E-state index in [0.29, 0.717) is 12.1 Å². The minimum absolute atomic E-state index is 0.314. The maximum Gasteiger partial charge on any atom is 0.340 e. The summed E-state index contributed by atoms with van der Waals surface area (Å²) in [4.78, 5) is 22.1. The normalized spacial score (nSPS) is 12.0. The number of nitrogens with two attached hydrogens (primary N) is 1. The van der Waals surface area contributed by atoms with Crippen LogP contribution in [0.15, 0.2) is 12.1 Å². The van der Waals surface area contributed by atoms with Crippen molar-refractivity contribution < 1.29 is 23.1 Å². The third-order valence-corrected chi connectivity index (χ3v) is 2.23. The van der Waals surface area contributed by atoms with Gasteiger partial charge in [0.2, 0.25) is 0 Å². The predicted octanol–water partition coefficient (Wildman–Crippen LogP) is 1.65. The highest BCUT2D eigenvalue weighted by Crippen LogP contribution is 2.21. The minimum Gasteiger partial charge on any atom is -0.449 e. The van der Waals surface area contributed by atoms with Crippen LogP contribution in [0.5, 0.6) is 0 Å². The van der Waals surface area contributed by atoms with Crippen LogP contribution in [0.2, 0.25) is 5.02 Å². The highest BCUT2D eigenvalue weighted by molar-refractivity contribution is 6.33. The first-order valence-electron chi connectivity index (χ1n) is 4.47. The summed E-state index contributed by atoms with van der Waals surface area (Å²) in [5.74, 6) is -4.35. The topological polar surface area (TPSA) is 69.4 Å². The van der Waals surface area contributed by atoms with E-state index in [-0.39, 0.29) is 10.6 Å². The van der Waals surface area contributed by atoms with Gasteiger partial charge in [-0.05, 0) is 19.1 Å². The van der Waals surface area contributed by atoms with Crippen molar-refractivity contribution in [1.82, 2.24) is 0 Å². The summed E-state index contributed by atoms with van der Waals surface area (Å²) in [6.45, 7) is 1.24. The van der Waals surface area contributed by atoms with Crippen LogP contribution in [0.1, 0.15) is 17.3 Å². The van der Waals surface area contributed by atoms with Gasteiger partial charge in [0.1, 0.15) is 0 Å². The SMILES string of the molecule is C[C@H](OC(=O)c1cc(F)c(F)cc1Cl)C(N)=O. The molecule has 17 heavy (non-hydrogen) atoms.